The van der Waals surface area contributed by atoms with Crippen molar-refractivity contribution < 1.29 is 4.74 Å². The zero-order valence-corrected chi connectivity index (χ0v) is 12.9. The fourth-order valence-corrected chi connectivity index (χ4v) is 2.27. The maximum atomic E-state index is 5.45. The molecule has 0 aliphatic heterocycles. The first-order valence-electron chi connectivity index (χ1n) is 5.92. The van der Waals surface area contributed by atoms with Crippen molar-refractivity contribution in [2.45, 2.75) is 45.8 Å². The molecule has 0 bridgehead atoms. The van der Waals surface area contributed by atoms with Crippen LogP contribution >= 0.6 is 15.9 Å². The van der Waals surface area contributed by atoms with Crippen LogP contribution in [-0.2, 0) is 4.74 Å². The van der Waals surface area contributed by atoms with E-state index in [-0.39, 0.29) is 5.60 Å². The van der Waals surface area contributed by atoms with Gasteiger partial charge in [-0.25, -0.2) is 0 Å². The van der Waals surface area contributed by atoms with Gasteiger partial charge in [-0.05, 0) is 51.8 Å². The van der Waals surface area contributed by atoms with Crippen LogP contribution in [-0.4, -0.2) is 18.8 Å². The van der Waals surface area contributed by atoms with Crippen LogP contribution in [0.5, 0.6) is 0 Å². The molecule has 1 rings (SSSR count). The van der Waals surface area contributed by atoms with Crippen molar-refractivity contribution >= 4 is 21.6 Å². The quantitative estimate of drug-likeness (QED) is 0.871. The smallest absolute Gasteiger partial charge is 0.0642 e. The summed E-state index contributed by atoms with van der Waals surface area (Å²) < 4.78 is 6.59. The summed E-state index contributed by atoms with van der Waals surface area (Å²) in [6, 6.07) is 6.59. The minimum atomic E-state index is -0.0909. The van der Waals surface area contributed by atoms with E-state index >= 15 is 0 Å². The summed E-state index contributed by atoms with van der Waals surface area (Å²) in [6.07, 6.45) is 0.968. The second-order valence-electron chi connectivity index (χ2n) is 5.13. The van der Waals surface area contributed by atoms with Gasteiger partial charge in [0.2, 0.25) is 0 Å². The number of nitrogens with one attached hydrogen (secondary N) is 1. The molecule has 3 heteroatoms. The lowest BCUT2D eigenvalue weighted by atomic mass is 9.99. The number of hydrogen-bond donors (Lipinski definition) is 1. The summed E-state index contributed by atoms with van der Waals surface area (Å²) in [4.78, 5) is 0. The highest BCUT2D eigenvalue weighted by Crippen LogP contribution is 2.25. The second-order valence-corrected chi connectivity index (χ2v) is 5.98. The Morgan fingerprint density at radius 1 is 1.41 bits per heavy atom. The number of methoxy groups -OCH3 is 1. The molecule has 1 N–H and O–H groups in total. The Labute approximate surface area is 113 Å². The van der Waals surface area contributed by atoms with Crippen molar-refractivity contribution in [1.82, 2.24) is 0 Å². The zero-order chi connectivity index (χ0) is 13.1. The molecule has 0 heterocycles. The van der Waals surface area contributed by atoms with Crippen LogP contribution in [0.25, 0.3) is 0 Å². The molecule has 1 atom stereocenters. The van der Waals surface area contributed by atoms with Gasteiger partial charge in [0.25, 0.3) is 0 Å². The van der Waals surface area contributed by atoms with Gasteiger partial charge in [-0.2, -0.15) is 0 Å². The predicted molar refractivity (Wildman–Crippen MR) is 77.7 cm³/mol. The number of benzene rings is 1. The van der Waals surface area contributed by atoms with E-state index in [2.05, 4.69) is 61.1 Å². The highest BCUT2D eigenvalue weighted by Gasteiger charge is 2.20. The molecule has 1 aromatic carbocycles. The van der Waals surface area contributed by atoms with Gasteiger partial charge in [-0.1, -0.05) is 22.0 Å². The average molecular weight is 300 g/mol. The van der Waals surface area contributed by atoms with Crippen LogP contribution in [0, 0.1) is 6.92 Å². The molecule has 1 unspecified atom stereocenters. The van der Waals surface area contributed by atoms with E-state index in [0.717, 1.165) is 10.9 Å². The average Bonchev–Trinajstić information content (AvgIpc) is 2.24. The van der Waals surface area contributed by atoms with E-state index in [4.69, 9.17) is 4.74 Å². The first kappa shape index (κ1) is 14.5. The van der Waals surface area contributed by atoms with Crippen molar-refractivity contribution in [3.63, 3.8) is 0 Å². The maximum Gasteiger partial charge on any atom is 0.0642 e. The Bertz CT molecular complexity index is 376. The van der Waals surface area contributed by atoms with Crippen molar-refractivity contribution in [2.24, 2.45) is 0 Å². The van der Waals surface area contributed by atoms with Crippen LogP contribution in [0.3, 0.4) is 0 Å². The molecule has 0 saturated carbocycles. The summed E-state index contributed by atoms with van der Waals surface area (Å²) in [6.45, 7) is 8.51. The van der Waals surface area contributed by atoms with Gasteiger partial charge in [-0.3, -0.25) is 0 Å². The van der Waals surface area contributed by atoms with Gasteiger partial charge >= 0.3 is 0 Å². The van der Waals surface area contributed by atoms with Crippen LogP contribution in [0.2, 0.25) is 0 Å². The molecule has 0 aliphatic carbocycles. The van der Waals surface area contributed by atoms with E-state index in [1.807, 2.05) is 6.07 Å². The number of anilines is 1. The van der Waals surface area contributed by atoms with E-state index in [9.17, 15) is 0 Å². The van der Waals surface area contributed by atoms with Gasteiger partial charge in [0.15, 0.2) is 0 Å². The third-order valence-corrected chi connectivity index (χ3v) is 3.88. The molecule has 0 amide bonds. The molecular formula is C14H22BrNO. The van der Waals surface area contributed by atoms with Crippen LogP contribution < -0.4 is 5.32 Å². The van der Waals surface area contributed by atoms with E-state index in [0.29, 0.717) is 6.04 Å². The maximum absolute atomic E-state index is 5.45. The van der Waals surface area contributed by atoms with Crippen molar-refractivity contribution in [3.05, 3.63) is 28.2 Å². The van der Waals surface area contributed by atoms with Crippen LogP contribution in [0.1, 0.15) is 32.8 Å². The first-order valence-corrected chi connectivity index (χ1v) is 6.72. The molecule has 0 saturated heterocycles. The monoisotopic (exact) mass is 299 g/mol. The molecule has 0 aromatic heterocycles. The molecule has 17 heavy (non-hydrogen) atoms. The van der Waals surface area contributed by atoms with E-state index < -0.39 is 0 Å². The molecule has 2 nitrogen and oxygen atoms in total. The fraction of sp³-hybridized carbons (Fsp3) is 0.571. The predicted octanol–water partition coefficient (Wildman–Crippen LogP) is 4.37. The lowest BCUT2D eigenvalue weighted by Gasteiger charge is -2.28. The van der Waals surface area contributed by atoms with Gasteiger partial charge in [0.1, 0.15) is 0 Å². The largest absolute Gasteiger partial charge is 0.382 e. The number of halogens is 1. The SMILES string of the molecule is COC(C)(C)CC(C)Nc1cccc(Br)c1C. The molecule has 96 valence electrons. The molecular weight excluding hydrogens is 278 g/mol. The number of hydrogen-bond acceptors (Lipinski definition) is 2. The molecule has 0 aliphatic rings. The number of ether oxygens (including phenoxy) is 1. The van der Waals surface area contributed by atoms with Gasteiger partial charge < -0.3 is 10.1 Å². The van der Waals surface area contributed by atoms with Crippen LogP contribution in [0.15, 0.2) is 22.7 Å². The lowest BCUT2D eigenvalue weighted by Crippen LogP contribution is -2.31. The third-order valence-electron chi connectivity index (χ3n) is 3.02. The second kappa shape index (κ2) is 5.87. The fourth-order valence-electron chi connectivity index (χ4n) is 1.90. The topological polar surface area (TPSA) is 21.3 Å². The van der Waals surface area contributed by atoms with Crippen molar-refractivity contribution in [2.75, 3.05) is 12.4 Å². The highest BCUT2D eigenvalue weighted by molar-refractivity contribution is 9.10. The Morgan fingerprint density at radius 3 is 2.65 bits per heavy atom. The van der Waals surface area contributed by atoms with Gasteiger partial charge in [0.05, 0.1) is 5.60 Å². The first-order chi connectivity index (χ1) is 7.85. The standard InChI is InChI=1S/C14H22BrNO/c1-10(9-14(3,4)17-5)16-13-8-6-7-12(15)11(13)2/h6-8,10,16H,9H2,1-5H3. The minimum absolute atomic E-state index is 0.0909. The summed E-state index contributed by atoms with van der Waals surface area (Å²) in [5.74, 6) is 0. The third kappa shape index (κ3) is 4.32. The number of rotatable bonds is 5. The Balaban J connectivity index is 2.68. The summed E-state index contributed by atoms with van der Waals surface area (Å²) >= 11 is 3.55. The summed E-state index contributed by atoms with van der Waals surface area (Å²) in [5, 5.41) is 3.53. The van der Waals surface area contributed by atoms with Gasteiger partial charge in [0, 0.05) is 23.3 Å². The minimum Gasteiger partial charge on any atom is -0.382 e. The van der Waals surface area contributed by atoms with E-state index in [1.54, 1.807) is 7.11 Å². The lowest BCUT2D eigenvalue weighted by molar-refractivity contribution is 0.0128. The molecule has 0 fully saturated rings. The summed E-state index contributed by atoms with van der Waals surface area (Å²) in [7, 11) is 1.76. The Hall–Kier alpha value is -0.540. The van der Waals surface area contributed by atoms with Crippen molar-refractivity contribution in [3.8, 4) is 0 Å². The zero-order valence-electron chi connectivity index (χ0n) is 11.3. The Kier molecular flexibility index (Phi) is 5.02. The molecule has 1 aromatic rings. The molecule has 0 radical (unpaired) electrons. The van der Waals surface area contributed by atoms with Crippen molar-refractivity contribution in [1.29, 1.82) is 0 Å². The van der Waals surface area contributed by atoms with Gasteiger partial charge in [-0.15, -0.1) is 0 Å². The normalized spacial score (nSPS) is 13.5. The highest BCUT2D eigenvalue weighted by atomic mass is 79.9. The van der Waals surface area contributed by atoms with E-state index in [1.165, 1.54) is 11.3 Å². The Morgan fingerprint density at radius 2 is 2.06 bits per heavy atom. The summed E-state index contributed by atoms with van der Waals surface area (Å²) in [5.41, 5.74) is 2.33. The molecule has 0 spiro atoms. The van der Waals surface area contributed by atoms with Crippen LogP contribution in [0.4, 0.5) is 5.69 Å².